The second kappa shape index (κ2) is 5.83. The predicted molar refractivity (Wildman–Crippen MR) is 119 cm³/mol. The normalized spacial score (nSPS) is 16.5. The van der Waals surface area contributed by atoms with Crippen LogP contribution in [0.25, 0.3) is 27.5 Å². The quantitative estimate of drug-likeness (QED) is 0.379. The third-order valence-corrected chi connectivity index (χ3v) is 6.42. The lowest BCUT2D eigenvalue weighted by molar-refractivity contribution is 0.487. The number of benzene rings is 2. The van der Waals surface area contributed by atoms with Gasteiger partial charge in [-0.15, -0.1) is 0 Å². The molecule has 2 heterocycles. The molecule has 0 aliphatic heterocycles. The number of pyridine rings is 1. The van der Waals surface area contributed by atoms with E-state index < -0.39 is 0 Å². The molecule has 0 bridgehead atoms. The molecule has 0 unspecified atom stereocenters. The zero-order valence-corrected chi connectivity index (χ0v) is 17.7. The minimum absolute atomic E-state index is 0.0428. The first-order valence-corrected chi connectivity index (χ1v) is 10.6. The molecule has 4 aromatic rings. The maximum Gasteiger partial charge on any atom is 0.146 e. The molecule has 1 aliphatic rings. The van der Waals surface area contributed by atoms with E-state index in [1.54, 1.807) is 0 Å². The maximum atomic E-state index is 5.08. The van der Waals surface area contributed by atoms with Crippen molar-refractivity contribution in [3.05, 3.63) is 59.8 Å². The van der Waals surface area contributed by atoms with Crippen LogP contribution in [0.3, 0.4) is 0 Å². The number of hydrogen-bond donors (Lipinski definition) is 0. The predicted octanol–water partition coefficient (Wildman–Crippen LogP) is 7.02. The third-order valence-electron chi connectivity index (χ3n) is 6.42. The molecule has 2 aromatic carbocycles. The summed E-state index contributed by atoms with van der Waals surface area (Å²) in [4.78, 5) is 5.08. The summed E-state index contributed by atoms with van der Waals surface area (Å²) >= 11 is 0. The van der Waals surface area contributed by atoms with Gasteiger partial charge < -0.3 is 0 Å². The van der Waals surface area contributed by atoms with Gasteiger partial charge in [-0.1, -0.05) is 65.0 Å². The van der Waals surface area contributed by atoms with E-state index in [4.69, 9.17) is 4.98 Å². The Hall–Kier alpha value is -2.35. The highest BCUT2D eigenvalue weighted by Crippen LogP contribution is 2.53. The lowest BCUT2D eigenvalue weighted by Crippen LogP contribution is -2.16. The summed E-state index contributed by atoms with van der Waals surface area (Å²) in [5, 5.41) is 2.51. The number of rotatable bonds is 3. The molecule has 0 spiro atoms. The van der Waals surface area contributed by atoms with Gasteiger partial charge in [0, 0.05) is 16.5 Å². The summed E-state index contributed by atoms with van der Waals surface area (Å²) in [6.45, 7) is 11.6. The van der Waals surface area contributed by atoms with Crippen molar-refractivity contribution in [2.24, 2.45) is 5.92 Å². The average Bonchev–Trinajstić information content (AvgIpc) is 3.30. The van der Waals surface area contributed by atoms with E-state index in [-0.39, 0.29) is 5.41 Å². The molecule has 0 N–H and O–H groups in total. The Morgan fingerprint density at radius 2 is 1.79 bits per heavy atom. The molecule has 0 amide bonds. The van der Waals surface area contributed by atoms with Gasteiger partial charge in [-0.05, 0) is 59.7 Å². The van der Waals surface area contributed by atoms with Crippen LogP contribution < -0.4 is 0 Å². The number of nitrogens with zero attached hydrogens (tertiary/aromatic N) is 2. The van der Waals surface area contributed by atoms with Crippen LogP contribution in [0.15, 0.2) is 48.5 Å². The largest absolute Gasteiger partial charge is 0.296 e. The topological polar surface area (TPSA) is 17.3 Å². The van der Waals surface area contributed by atoms with E-state index in [0.29, 0.717) is 5.41 Å². The van der Waals surface area contributed by atoms with Gasteiger partial charge in [-0.25, -0.2) is 4.98 Å². The molecule has 5 rings (SSSR count). The molecule has 1 aliphatic carbocycles. The van der Waals surface area contributed by atoms with Gasteiger partial charge in [0.05, 0.1) is 11.0 Å². The van der Waals surface area contributed by atoms with Crippen molar-refractivity contribution in [1.29, 1.82) is 0 Å². The van der Waals surface area contributed by atoms with Crippen molar-refractivity contribution in [2.75, 3.05) is 0 Å². The van der Waals surface area contributed by atoms with Crippen molar-refractivity contribution < 1.29 is 0 Å². The van der Waals surface area contributed by atoms with Gasteiger partial charge in [0.1, 0.15) is 5.65 Å². The molecular formula is C26H30N2. The van der Waals surface area contributed by atoms with Crippen molar-refractivity contribution in [1.82, 2.24) is 9.38 Å². The Morgan fingerprint density at radius 1 is 1.04 bits per heavy atom. The molecule has 1 fully saturated rings. The number of imidazole rings is 1. The highest BCUT2D eigenvalue weighted by atomic mass is 15.0. The van der Waals surface area contributed by atoms with Crippen LogP contribution in [0.5, 0.6) is 0 Å². The zero-order chi connectivity index (χ0) is 19.7. The lowest BCUT2D eigenvalue weighted by atomic mass is 9.87. The van der Waals surface area contributed by atoms with E-state index in [0.717, 1.165) is 17.1 Å². The van der Waals surface area contributed by atoms with Gasteiger partial charge in [0.25, 0.3) is 0 Å². The highest BCUT2D eigenvalue weighted by Gasteiger charge is 2.44. The smallest absolute Gasteiger partial charge is 0.146 e. The third kappa shape index (κ3) is 2.65. The minimum Gasteiger partial charge on any atom is -0.296 e. The van der Waals surface area contributed by atoms with Crippen molar-refractivity contribution >= 4 is 27.5 Å². The SMILES string of the molecule is CC(C)CC1(c2ccc3nc4c5ccccc5cc(C(C)(C)C)n4c3c2)CC1. The molecule has 0 atom stereocenters. The van der Waals surface area contributed by atoms with E-state index in [1.165, 1.54) is 46.8 Å². The van der Waals surface area contributed by atoms with Crippen LogP contribution in [0.4, 0.5) is 0 Å². The summed E-state index contributed by atoms with van der Waals surface area (Å²) < 4.78 is 2.42. The maximum absolute atomic E-state index is 5.08. The summed E-state index contributed by atoms with van der Waals surface area (Å²) in [6, 6.07) is 18.0. The molecule has 1 saturated carbocycles. The molecular weight excluding hydrogens is 340 g/mol. The fraction of sp³-hybridized carbons (Fsp3) is 0.423. The summed E-state index contributed by atoms with van der Waals surface area (Å²) in [5.41, 5.74) is 6.72. The molecule has 144 valence electrons. The monoisotopic (exact) mass is 370 g/mol. The number of aromatic nitrogens is 2. The highest BCUT2D eigenvalue weighted by molar-refractivity contribution is 5.99. The van der Waals surface area contributed by atoms with Crippen LogP contribution in [0.2, 0.25) is 0 Å². The Labute approximate surface area is 167 Å². The number of hydrogen-bond acceptors (Lipinski definition) is 1. The number of fused-ring (bicyclic) bond motifs is 5. The van der Waals surface area contributed by atoms with Crippen molar-refractivity contribution in [3.63, 3.8) is 0 Å². The molecule has 2 heteroatoms. The minimum atomic E-state index is 0.0428. The first kappa shape index (κ1) is 17.7. The van der Waals surface area contributed by atoms with Crippen LogP contribution >= 0.6 is 0 Å². The van der Waals surface area contributed by atoms with E-state index in [9.17, 15) is 0 Å². The first-order chi connectivity index (χ1) is 13.3. The second-order valence-corrected chi connectivity index (χ2v) is 10.2. The van der Waals surface area contributed by atoms with Gasteiger partial charge >= 0.3 is 0 Å². The molecule has 2 aromatic heterocycles. The Balaban J connectivity index is 1.85. The average molecular weight is 371 g/mol. The summed E-state index contributed by atoms with van der Waals surface area (Å²) in [6.07, 6.45) is 3.93. The van der Waals surface area contributed by atoms with Crippen LogP contribution in [0.1, 0.15) is 65.1 Å². The van der Waals surface area contributed by atoms with E-state index in [2.05, 4.69) is 87.6 Å². The van der Waals surface area contributed by atoms with Gasteiger partial charge in [-0.2, -0.15) is 0 Å². The second-order valence-electron chi connectivity index (χ2n) is 10.2. The van der Waals surface area contributed by atoms with Gasteiger partial charge in [-0.3, -0.25) is 4.40 Å². The fourth-order valence-electron chi connectivity index (χ4n) is 4.96. The van der Waals surface area contributed by atoms with Crippen LogP contribution in [0, 0.1) is 5.92 Å². The molecule has 0 saturated heterocycles. The lowest BCUT2D eigenvalue weighted by Gasteiger charge is -2.23. The van der Waals surface area contributed by atoms with E-state index in [1.807, 2.05) is 0 Å². The van der Waals surface area contributed by atoms with Crippen LogP contribution in [-0.4, -0.2) is 9.38 Å². The summed E-state index contributed by atoms with van der Waals surface area (Å²) in [7, 11) is 0. The zero-order valence-electron chi connectivity index (χ0n) is 17.7. The van der Waals surface area contributed by atoms with Crippen molar-refractivity contribution in [2.45, 2.75) is 64.7 Å². The standard InChI is InChI=1S/C26H30N2/c1-17(2)16-26(12-13-26)19-10-11-21-22(15-19)28-23(25(3,4)5)14-18-8-6-7-9-20(18)24(28)27-21/h6-11,14-15,17H,12-13,16H2,1-5H3. The molecule has 28 heavy (non-hydrogen) atoms. The Kier molecular flexibility index (Phi) is 3.69. The summed E-state index contributed by atoms with van der Waals surface area (Å²) in [5.74, 6) is 0.731. The Morgan fingerprint density at radius 3 is 2.46 bits per heavy atom. The van der Waals surface area contributed by atoms with Gasteiger partial charge in [0.2, 0.25) is 0 Å². The van der Waals surface area contributed by atoms with Crippen LogP contribution in [-0.2, 0) is 10.8 Å². The Bertz CT molecular complexity index is 1200. The van der Waals surface area contributed by atoms with E-state index >= 15 is 0 Å². The van der Waals surface area contributed by atoms with Crippen molar-refractivity contribution in [3.8, 4) is 0 Å². The van der Waals surface area contributed by atoms with Gasteiger partial charge in [0.15, 0.2) is 0 Å². The fourth-order valence-corrected chi connectivity index (χ4v) is 4.96. The molecule has 2 nitrogen and oxygen atoms in total. The molecule has 0 radical (unpaired) electrons. The first-order valence-electron chi connectivity index (χ1n) is 10.6.